The smallest absolute Gasteiger partial charge is 0.311 e. The van der Waals surface area contributed by atoms with Crippen molar-refractivity contribution in [2.45, 2.75) is 19.0 Å². The molecule has 1 aliphatic heterocycles. The molecule has 2 amide bonds. The van der Waals surface area contributed by atoms with Crippen LogP contribution in [0.15, 0.2) is 42.5 Å². The lowest BCUT2D eigenvalue weighted by Crippen LogP contribution is -2.58. The summed E-state index contributed by atoms with van der Waals surface area (Å²) in [6.45, 7) is 0.474. The molecule has 0 saturated carbocycles. The van der Waals surface area contributed by atoms with E-state index in [2.05, 4.69) is 5.73 Å². The summed E-state index contributed by atoms with van der Waals surface area (Å²) >= 11 is 0. The standard InChI is InChI=1S/C19H20N2O4/c1-24-16-8-7-12(9-17(16)25-2)15(10-18(20)22)21-11-13-5-3-4-6-14(13)19(21)23/h3-9,15H,10-11H2,1-2H3,(H2,20,22)/p+1. The molecule has 0 aliphatic carbocycles. The number of hydrogen-bond donors (Lipinski definition) is 1. The van der Waals surface area contributed by atoms with Crippen LogP contribution in [0.3, 0.4) is 0 Å². The summed E-state index contributed by atoms with van der Waals surface area (Å²) in [5.74, 6) is 0.868. The molecule has 130 valence electrons. The second-order valence-electron chi connectivity index (χ2n) is 5.96. The van der Waals surface area contributed by atoms with Gasteiger partial charge in [-0.2, -0.15) is 0 Å². The molecule has 0 aromatic heterocycles. The fourth-order valence-electron chi connectivity index (χ4n) is 3.21. The summed E-state index contributed by atoms with van der Waals surface area (Å²) < 4.78 is 10.6. The first-order valence-corrected chi connectivity index (χ1v) is 8.00. The molecule has 2 aromatic carbocycles. The predicted molar refractivity (Wildman–Crippen MR) is 91.1 cm³/mol. The quantitative estimate of drug-likeness (QED) is 0.864. The van der Waals surface area contributed by atoms with E-state index in [0.717, 1.165) is 11.1 Å². The summed E-state index contributed by atoms with van der Waals surface area (Å²) in [5.41, 5.74) is 5.96. The highest BCUT2D eigenvalue weighted by Gasteiger charge is 2.35. The lowest BCUT2D eigenvalue weighted by molar-refractivity contribution is -0.306. The molecular formula is C19H21N2O4+. The second kappa shape index (κ2) is 6.94. The first-order valence-electron chi connectivity index (χ1n) is 8.00. The van der Waals surface area contributed by atoms with Crippen molar-refractivity contribution < 1.29 is 24.8 Å². The highest BCUT2D eigenvalue weighted by molar-refractivity contribution is 5.98. The van der Waals surface area contributed by atoms with Crippen LogP contribution in [-0.2, 0) is 11.3 Å². The van der Waals surface area contributed by atoms with Gasteiger partial charge in [0.1, 0.15) is 0 Å². The minimum absolute atomic E-state index is 0.0726. The van der Waals surface area contributed by atoms with Gasteiger partial charge in [0.15, 0.2) is 11.5 Å². The molecule has 2 aromatic rings. The van der Waals surface area contributed by atoms with Gasteiger partial charge in [0.05, 0.1) is 26.7 Å². The van der Waals surface area contributed by atoms with E-state index in [1.165, 1.54) is 0 Å². The minimum Gasteiger partial charge on any atom is -0.493 e. The zero-order chi connectivity index (χ0) is 18.0. The number of rotatable bonds is 6. The average molecular weight is 341 g/mol. The maximum Gasteiger partial charge on any atom is 0.311 e. The van der Waals surface area contributed by atoms with Gasteiger partial charge in [-0.05, 0) is 29.3 Å². The van der Waals surface area contributed by atoms with Gasteiger partial charge >= 0.3 is 5.91 Å². The van der Waals surface area contributed by atoms with Crippen molar-refractivity contribution in [2.75, 3.05) is 14.2 Å². The fraction of sp³-hybridized carbons (Fsp3) is 0.263. The Bertz CT molecular complexity index is 819. The molecule has 1 unspecified atom stereocenters. The molecule has 1 heterocycles. The predicted octanol–water partition coefficient (Wildman–Crippen LogP) is 1.56. The van der Waals surface area contributed by atoms with E-state index in [-0.39, 0.29) is 18.2 Å². The van der Waals surface area contributed by atoms with Crippen LogP contribution in [0.25, 0.3) is 0 Å². The van der Waals surface area contributed by atoms with E-state index in [1.807, 2.05) is 36.4 Å². The number of benzene rings is 2. The molecule has 0 bridgehead atoms. The largest absolute Gasteiger partial charge is 0.493 e. The summed E-state index contributed by atoms with van der Waals surface area (Å²) in [7, 11) is 3.12. The zero-order valence-corrected chi connectivity index (χ0v) is 14.3. The number of carbonyl (C=O) groups is 2. The second-order valence-corrected chi connectivity index (χ2v) is 5.96. The van der Waals surface area contributed by atoms with Crippen molar-refractivity contribution in [2.24, 2.45) is 0 Å². The van der Waals surface area contributed by atoms with Gasteiger partial charge in [-0.1, -0.05) is 24.3 Å². The number of ether oxygens (including phenoxy) is 2. The Morgan fingerprint density at radius 1 is 1.16 bits per heavy atom. The average Bonchev–Trinajstić information content (AvgIpc) is 2.96. The molecule has 0 spiro atoms. The Morgan fingerprint density at radius 3 is 2.52 bits per heavy atom. The molecule has 1 aliphatic rings. The molecule has 6 nitrogen and oxygen atoms in total. The Hall–Kier alpha value is -2.86. The van der Waals surface area contributed by atoms with Gasteiger partial charge in [-0.3, -0.25) is 10.5 Å². The molecule has 6 heteroatoms. The lowest BCUT2D eigenvalue weighted by atomic mass is 10.0. The molecule has 0 fully saturated rings. The van der Waals surface area contributed by atoms with Crippen LogP contribution in [-0.4, -0.2) is 30.9 Å². The summed E-state index contributed by atoms with van der Waals surface area (Å²) in [6.07, 6.45) is 0.148. The number of amides is 2. The van der Waals surface area contributed by atoms with Crippen molar-refractivity contribution in [1.29, 1.82) is 0 Å². The van der Waals surface area contributed by atoms with Gasteiger partial charge in [0, 0.05) is 12.1 Å². The van der Waals surface area contributed by atoms with E-state index in [0.29, 0.717) is 23.6 Å². The summed E-state index contributed by atoms with van der Waals surface area (Å²) in [5, 5.41) is 0. The SMILES string of the molecule is COc1ccc(C(CC([NH3+])=O)N2Cc3ccccc3C2=O)cc1OC. The number of nitrogens with zero attached hydrogens (tertiary/aromatic N) is 1. The third kappa shape index (κ3) is 3.21. The number of quaternary nitrogens is 1. The first kappa shape index (κ1) is 17.0. The Balaban J connectivity index is 1.99. The van der Waals surface area contributed by atoms with Crippen LogP contribution >= 0.6 is 0 Å². The minimum atomic E-state index is -0.398. The van der Waals surface area contributed by atoms with Crippen LogP contribution < -0.4 is 15.2 Å². The number of methoxy groups -OCH3 is 2. The van der Waals surface area contributed by atoms with Crippen molar-refractivity contribution in [1.82, 2.24) is 4.90 Å². The molecular weight excluding hydrogens is 320 g/mol. The Kier molecular flexibility index (Phi) is 4.72. The highest BCUT2D eigenvalue weighted by atomic mass is 16.5. The monoisotopic (exact) mass is 341 g/mol. The van der Waals surface area contributed by atoms with E-state index in [4.69, 9.17) is 9.47 Å². The molecule has 3 rings (SSSR count). The normalized spacial score (nSPS) is 14.2. The molecule has 3 N–H and O–H groups in total. The zero-order valence-electron chi connectivity index (χ0n) is 14.3. The third-order valence-corrected chi connectivity index (χ3v) is 4.44. The Labute approximate surface area is 146 Å². The molecule has 0 radical (unpaired) electrons. The van der Waals surface area contributed by atoms with E-state index >= 15 is 0 Å². The van der Waals surface area contributed by atoms with E-state index < -0.39 is 6.04 Å². The van der Waals surface area contributed by atoms with E-state index in [1.54, 1.807) is 25.2 Å². The maximum absolute atomic E-state index is 12.8. The summed E-state index contributed by atoms with van der Waals surface area (Å²) in [6, 6.07) is 12.5. The number of hydrogen-bond acceptors (Lipinski definition) is 4. The number of fused-ring (bicyclic) bond motifs is 1. The fourth-order valence-corrected chi connectivity index (χ4v) is 3.21. The van der Waals surface area contributed by atoms with Crippen molar-refractivity contribution in [3.63, 3.8) is 0 Å². The molecule has 1 atom stereocenters. The van der Waals surface area contributed by atoms with Gasteiger partial charge in [-0.25, -0.2) is 4.79 Å². The third-order valence-electron chi connectivity index (χ3n) is 4.44. The van der Waals surface area contributed by atoms with Gasteiger partial charge in [0.25, 0.3) is 5.91 Å². The number of carbonyl (C=O) groups excluding carboxylic acids is 2. The first-order chi connectivity index (χ1) is 12.0. The van der Waals surface area contributed by atoms with Crippen molar-refractivity contribution in [3.05, 3.63) is 59.2 Å². The molecule has 25 heavy (non-hydrogen) atoms. The summed E-state index contributed by atoms with van der Waals surface area (Å²) in [4.78, 5) is 26.3. The highest BCUT2D eigenvalue weighted by Crippen LogP contribution is 2.37. The topological polar surface area (TPSA) is 83.5 Å². The van der Waals surface area contributed by atoms with E-state index in [9.17, 15) is 9.59 Å². The molecule has 0 saturated heterocycles. The van der Waals surface area contributed by atoms with Crippen LogP contribution in [0.5, 0.6) is 11.5 Å². The maximum atomic E-state index is 12.8. The van der Waals surface area contributed by atoms with Gasteiger partial charge in [-0.15, -0.1) is 0 Å². The Morgan fingerprint density at radius 2 is 1.88 bits per heavy atom. The lowest BCUT2D eigenvalue weighted by Gasteiger charge is -2.27. The van der Waals surface area contributed by atoms with Crippen LogP contribution in [0.1, 0.15) is 33.9 Å². The van der Waals surface area contributed by atoms with Crippen LogP contribution in [0, 0.1) is 0 Å². The van der Waals surface area contributed by atoms with Crippen molar-refractivity contribution in [3.8, 4) is 11.5 Å². The van der Waals surface area contributed by atoms with Crippen molar-refractivity contribution >= 4 is 11.8 Å². The van der Waals surface area contributed by atoms with Crippen LogP contribution in [0.2, 0.25) is 0 Å². The van der Waals surface area contributed by atoms with Crippen LogP contribution in [0.4, 0.5) is 0 Å². The van der Waals surface area contributed by atoms with Gasteiger partial charge in [0.2, 0.25) is 0 Å². The van der Waals surface area contributed by atoms with Gasteiger partial charge < -0.3 is 14.4 Å².